The Bertz CT molecular complexity index is 513. The van der Waals surface area contributed by atoms with Crippen LogP contribution in [0.5, 0.6) is 0 Å². The molecule has 0 aliphatic rings. The van der Waals surface area contributed by atoms with Crippen LogP contribution < -0.4 is 5.32 Å². The molecule has 74 valence electrons. The van der Waals surface area contributed by atoms with E-state index in [1.165, 1.54) is 17.5 Å². The molecule has 0 unspecified atom stereocenters. The van der Waals surface area contributed by atoms with Crippen LogP contribution in [-0.2, 0) is 0 Å². The van der Waals surface area contributed by atoms with Crippen LogP contribution in [0.25, 0.3) is 0 Å². The number of nitrogens with zero attached hydrogens (tertiary/aromatic N) is 4. The topological polar surface area (TPSA) is 74.5 Å². The summed E-state index contributed by atoms with van der Waals surface area (Å²) < 4.78 is 0. The fourth-order valence-electron chi connectivity index (χ4n) is 0.989. The van der Waals surface area contributed by atoms with E-state index in [9.17, 15) is 0 Å². The third-order valence-corrected chi connectivity index (χ3v) is 2.44. The van der Waals surface area contributed by atoms with Crippen LogP contribution in [-0.4, -0.2) is 15.0 Å². The molecular weight excluding hydrogens is 210 g/mol. The lowest BCUT2D eigenvalue weighted by Gasteiger charge is -1.98. The SMILES string of the molecule is Cc1cnc(Nc2nccc(C#N)n2)s1. The molecule has 2 rings (SSSR count). The lowest BCUT2D eigenvalue weighted by Crippen LogP contribution is -1.97. The predicted molar refractivity (Wildman–Crippen MR) is 56.9 cm³/mol. The number of nitriles is 1. The van der Waals surface area contributed by atoms with Gasteiger partial charge in [-0.3, -0.25) is 0 Å². The van der Waals surface area contributed by atoms with Crippen molar-refractivity contribution in [3.05, 3.63) is 29.0 Å². The van der Waals surface area contributed by atoms with Crippen LogP contribution in [0, 0.1) is 18.3 Å². The van der Waals surface area contributed by atoms with Crippen molar-refractivity contribution in [3.63, 3.8) is 0 Å². The van der Waals surface area contributed by atoms with Gasteiger partial charge in [-0.2, -0.15) is 5.26 Å². The third-order valence-electron chi connectivity index (χ3n) is 1.61. The van der Waals surface area contributed by atoms with Crippen molar-refractivity contribution in [2.45, 2.75) is 6.92 Å². The Morgan fingerprint density at radius 2 is 2.33 bits per heavy atom. The Morgan fingerprint density at radius 1 is 1.47 bits per heavy atom. The molecular formula is C9H7N5S. The summed E-state index contributed by atoms with van der Waals surface area (Å²) in [5.41, 5.74) is 0.334. The van der Waals surface area contributed by atoms with E-state index < -0.39 is 0 Å². The fraction of sp³-hybridized carbons (Fsp3) is 0.111. The molecule has 0 aliphatic heterocycles. The molecule has 0 aliphatic carbocycles. The Hall–Kier alpha value is -2.00. The van der Waals surface area contributed by atoms with Crippen LogP contribution in [0.2, 0.25) is 0 Å². The average Bonchev–Trinajstić information content (AvgIpc) is 2.64. The highest BCUT2D eigenvalue weighted by molar-refractivity contribution is 7.15. The molecule has 15 heavy (non-hydrogen) atoms. The first-order valence-corrected chi connectivity index (χ1v) is 5.02. The van der Waals surface area contributed by atoms with Gasteiger partial charge in [0.25, 0.3) is 0 Å². The summed E-state index contributed by atoms with van der Waals surface area (Å²) in [6.45, 7) is 1.97. The first kappa shape index (κ1) is 9.55. The zero-order valence-electron chi connectivity index (χ0n) is 7.93. The summed E-state index contributed by atoms with van der Waals surface area (Å²) in [7, 11) is 0. The van der Waals surface area contributed by atoms with Crippen LogP contribution >= 0.6 is 11.3 Å². The molecule has 0 bridgehead atoms. The molecule has 6 heteroatoms. The van der Waals surface area contributed by atoms with Crippen LogP contribution in [0.15, 0.2) is 18.5 Å². The third kappa shape index (κ3) is 2.27. The van der Waals surface area contributed by atoms with Gasteiger partial charge in [-0.15, -0.1) is 11.3 Å². The quantitative estimate of drug-likeness (QED) is 0.831. The molecule has 0 radical (unpaired) electrons. The summed E-state index contributed by atoms with van der Waals surface area (Å²) >= 11 is 1.51. The van der Waals surface area contributed by atoms with Crippen molar-refractivity contribution >= 4 is 22.4 Å². The molecule has 0 aromatic carbocycles. The number of thiazole rings is 1. The first-order chi connectivity index (χ1) is 7.28. The number of aryl methyl sites for hydroxylation is 1. The Labute approximate surface area is 90.5 Å². The highest BCUT2D eigenvalue weighted by Crippen LogP contribution is 2.19. The molecule has 0 atom stereocenters. The first-order valence-electron chi connectivity index (χ1n) is 4.20. The maximum atomic E-state index is 8.65. The number of aromatic nitrogens is 3. The lowest BCUT2D eigenvalue weighted by atomic mass is 10.4. The molecule has 0 fully saturated rings. The smallest absolute Gasteiger partial charge is 0.230 e. The van der Waals surface area contributed by atoms with Crippen molar-refractivity contribution in [2.24, 2.45) is 0 Å². The number of nitrogens with one attached hydrogen (secondary N) is 1. The van der Waals surface area contributed by atoms with Gasteiger partial charge < -0.3 is 5.32 Å². The van der Waals surface area contributed by atoms with E-state index in [-0.39, 0.29) is 0 Å². The molecule has 5 nitrogen and oxygen atoms in total. The van der Waals surface area contributed by atoms with Gasteiger partial charge in [-0.1, -0.05) is 0 Å². The van der Waals surface area contributed by atoms with Gasteiger partial charge in [0.05, 0.1) is 0 Å². The zero-order valence-corrected chi connectivity index (χ0v) is 8.75. The second-order valence-corrected chi connectivity index (χ2v) is 4.01. The summed E-state index contributed by atoms with van der Waals surface area (Å²) in [4.78, 5) is 13.2. The van der Waals surface area contributed by atoms with Gasteiger partial charge in [-0.05, 0) is 13.0 Å². The van der Waals surface area contributed by atoms with Gasteiger partial charge in [0.1, 0.15) is 11.8 Å². The standard InChI is InChI=1S/C9H7N5S/c1-6-5-12-9(15-6)14-8-11-3-2-7(4-10)13-8/h2-3,5H,1H3,(H,11,12,13,14). The fourth-order valence-corrected chi connectivity index (χ4v) is 1.65. The van der Waals surface area contributed by atoms with E-state index in [4.69, 9.17) is 5.26 Å². The number of hydrogen-bond donors (Lipinski definition) is 1. The molecule has 1 N–H and O–H groups in total. The second-order valence-electron chi connectivity index (χ2n) is 2.78. The normalized spacial score (nSPS) is 9.60. The van der Waals surface area contributed by atoms with Crippen molar-refractivity contribution in [2.75, 3.05) is 5.32 Å². The van der Waals surface area contributed by atoms with E-state index in [1.54, 1.807) is 12.3 Å². The molecule has 0 saturated carbocycles. The summed E-state index contributed by atoms with van der Waals surface area (Å²) in [5, 5.41) is 12.3. The minimum atomic E-state index is 0.334. The number of rotatable bonds is 2. The van der Waals surface area contributed by atoms with Gasteiger partial charge in [-0.25, -0.2) is 15.0 Å². The lowest BCUT2D eigenvalue weighted by molar-refractivity contribution is 1.13. The van der Waals surface area contributed by atoms with E-state index in [0.717, 1.165) is 10.0 Å². The second kappa shape index (κ2) is 4.02. The van der Waals surface area contributed by atoms with Gasteiger partial charge >= 0.3 is 0 Å². The largest absolute Gasteiger partial charge is 0.300 e. The highest BCUT2D eigenvalue weighted by atomic mass is 32.1. The summed E-state index contributed by atoms with van der Waals surface area (Å²) in [6, 6.07) is 3.50. The van der Waals surface area contributed by atoms with E-state index >= 15 is 0 Å². The van der Waals surface area contributed by atoms with Crippen molar-refractivity contribution in [1.82, 2.24) is 15.0 Å². The number of anilines is 2. The number of hydrogen-bond acceptors (Lipinski definition) is 6. The van der Waals surface area contributed by atoms with Gasteiger partial charge in [0.2, 0.25) is 5.95 Å². The van der Waals surface area contributed by atoms with Gasteiger partial charge in [0.15, 0.2) is 5.13 Å². The Balaban J connectivity index is 2.21. The molecule has 2 aromatic rings. The van der Waals surface area contributed by atoms with Crippen molar-refractivity contribution in [1.29, 1.82) is 5.26 Å². The van der Waals surface area contributed by atoms with Crippen LogP contribution in [0.3, 0.4) is 0 Å². The Morgan fingerprint density at radius 3 is 3.00 bits per heavy atom. The molecule has 0 spiro atoms. The predicted octanol–water partition coefficient (Wildman–Crippen LogP) is 1.86. The van der Waals surface area contributed by atoms with Gasteiger partial charge in [0, 0.05) is 17.3 Å². The summed E-state index contributed by atoms with van der Waals surface area (Å²) in [6.07, 6.45) is 3.30. The maximum Gasteiger partial charge on any atom is 0.230 e. The molecule has 2 aromatic heterocycles. The van der Waals surface area contributed by atoms with E-state index in [2.05, 4.69) is 20.3 Å². The van der Waals surface area contributed by atoms with E-state index in [0.29, 0.717) is 11.6 Å². The minimum absolute atomic E-state index is 0.334. The molecule has 0 amide bonds. The molecule has 0 saturated heterocycles. The van der Waals surface area contributed by atoms with E-state index in [1.807, 2.05) is 13.0 Å². The minimum Gasteiger partial charge on any atom is -0.300 e. The summed E-state index contributed by atoms with van der Waals surface area (Å²) in [5.74, 6) is 0.392. The molecule has 2 heterocycles. The monoisotopic (exact) mass is 217 g/mol. The maximum absolute atomic E-state index is 8.65. The van der Waals surface area contributed by atoms with Crippen molar-refractivity contribution < 1.29 is 0 Å². The highest BCUT2D eigenvalue weighted by Gasteiger charge is 2.02. The van der Waals surface area contributed by atoms with Crippen LogP contribution in [0.4, 0.5) is 11.1 Å². The van der Waals surface area contributed by atoms with Crippen LogP contribution in [0.1, 0.15) is 10.6 Å². The Kier molecular flexibility index (Phi) is 2.56. The average molecular weight is 217 g/mol. The zero-order chi connectivity index (χ0) is 10.7. The van der Waals surface area contributed by atoms with Crippen molar-refractivity contribution in [3.8, 4) is 6.07 Å².